The number of carboxylic acid groups (broad SMARTS) is 1. The lowest BCUT2D eigenvalue weighted by Crippen LogP contribution is -2.12. The predicted octanol–water partition coefficient (Wildman–Crippen LogP) is 3.17. The standard InChI is InChI=1S/C12H13BrFNO3/c13-9-6-5-8(14)7-10(9)15-11(16)3-1-2-4-12(17)18/h5-7H,1-4H2,(H,15,16)(H,17,18). The molecule has 0 saturated heterocycles. The Balaban J connectivity index is 2.40. The first kappa shape index (κ1) is 14.6. The minimum atomic E-state index is -0.872. The molecule has 0 radical (unpaired) electrons. The highest BCUT2D eigenvalue weighted by molar-refractivity contribution is 9.10. The molecule has 4 nitrogen and oxygen atoms in total. The van der Waals surface area contributed by atoms with Gasteiger partial charge >= 0.3 is 5.97 Å². The fourth-order valence-electron chi connectivity index (χ4n) is 1.37. The fraction of sp³-hybridized carbons (Fsp3) is 0.333. The van der Waals surface area contributed by atoms with Gasteiger partial charge in [0.05, 0.1) is 5.69 Å². The number of hydrogen-bond donors (Lipinski definition) is 2. The van der Waals surface area contributed by atoms with E-state index in [1.165, 1.54) is 18.2 Å². The van der Waals surface area contributed by atoms with Gasteiger partial charge in [-0.15, -0.1) is 0 Å². The molecule has 0 aliphatic rings. The number of amides is 1. The van der Waals surface area contributed by atoms with Crippen LogP contribution in [0.3, 0.4) is 0 Å². The lowest BCUT2D eigenvalue weighted by Gasteiger charge is -2.07. The number of aliphatic carboxylic acids is 1. The van der Waals surface area contributed by atoms with Gasteiger partial charge in [-0.2, -0.15) is 0 Å². The van der Waals surface area contributed by atoms with E-state index in [1.54, 1.807) is 0 Å². The summed E-state index contributed by atoms with van der Waals surface area (Å²) in [5, 5.41) is 11.0. The van der Waals surface area contributed by atoms with E-state index in [4.69, 9.17) is 5.11 Å². The Morgan fingerprint density at radius 3 is 2.61 bits per heavy atom. The second kappa shape index (κ2) is 7.10. The number of unbranched alkanes of at least 4 members (excludes halogenated alkanes) is 1. The van der Waals surface area contributed by atoms with Gasteiger partial charge in [0.15, 0.2) is 0 Å². The van der Waals surface area contributed by atoms with E-state index in [1.807, 2.05) is 0 Å². The zero-order chi connectivity index (χ0) is 13.5. The Morgan fingerprint density at radius 1 is 1.28 bits per heavy atom. The second-order valence-corrected chi connectivity index (χ2v) is 4.63. The summed E-state index contributed by atoms with van der Waals surface area (Å²) in [5.41, 5.74) is 0.373. The Bertz CT molecular complexity index is 451. The molecule has 18 heavy (non-hydrogen) atoms. The maximum atomic E-state index is 13.0. The highest BCUT2D eigenvalue weighted by atomic mass is 79.9. The van der Waals surface area contributed by atoms with E-state index in [2.05, 4.69) is 21.2 Å². The summed E-state index contributed by atoms with van der Waals surface area (Å²) in [4.78, 5) is 21.8. The normalized spacial score (nSPS) is 10.1. The topological polar surface area (TPSA) is 66.4 Å². The molecule has 1 aromatic carbocycles. The predicted molar refractivity (Wildman–Crippen MR) is 68.8 cm³/mol. The summed E-state index contributed by atoms with van der Waals surface area (Å²) in [6, 6.07) is 4.02. The van der Waals surface area contributed by atoms with Crippen LogP contribution in [0.25, 0.3) is 0 Å². The highest BCUT2D eigenvalue weighted by Gasteiger charge is 2.07. The number of rotatable bonds is 6. The minimum Gasteiger partial charge on any atom is -0.481 e. The fourth-order valence-corrected chi connectivity index (χ4v) is 1.71. The van der Waals surface area contributed by atoms with Gasteiger partial charge < -0.3 is 10.4 Å². The van der Waals surface area contributed by atoms with E-state index >= 15 is 0 Å². The van der Waals surface area contributed by atoms with Gasteiger partial charge in [-0.1, -0.05) is 0 Å². The SMILES string of the molecule is O=C(O)CCCCC(=O)Nc1cc(F)ccc1Br. The molecule has 0 bridgehead atoms. The first-order valence-corrected chi connectivity index (χ1v) is 6.25. The quantitative estimate of drug-likeness (QED) is 0.792. The molecule has 0 heterocycles. The van der Waals surface area contributed by atoms with Crippen LogP contribution in [0.4, 0.5) is 10.1 Å². The van der Waals surface area contributed by atoms with Crippen LogP contribution in [-0.2, 0) is 9.59 Å². The largest absolute Gasteiger partial charge is 0.481 e. The average molecular weight is 318 g/mol. The van der Waals surface area contributed by atoms with Gasteiger partial charge in [0.1, 0.15) is 5.82 Å². The molecule has 1 aromatic rings. The molecule has 0 atom stereocenters. The van der Waals surface area contributed by atoms with Gasteiger partial charge in [-0.25, -0.2) is 4.39 Å². The molecule has 1 amide bonds. The van der Waals surface area contributed by atoms with Crippen molar-refractivity contribution >= 4 is 33.5 Å². The van der Waals surface area contributed by atoms with Crippen LogP contribution in [-0.4, -0.2) is 17.0 Å². The van der Waals surface area contributed by atoms with E-state index in [-0.39, 0.29) is 18.7 Å². The molecule has 0 saturated carbocycles. The van der Waals surface area contributed by atoms with Gasteiger partial charge in [-0.05, 0) is 47.0 Å². The zero-order valence-corrected chi connectivity index (χ0v) is 11.2. The zero-order valence-electron chi connectivity index (χ0n) is 9.58. The van der Waals surface area contributed by atoms with Crippen molar-refractivity contribution < 1.29 is 19.1 Å². The third-order valence-electron chi connectivity index (χ3n) is 2.25. The number of anilines is 1. The molecular formula is C12H13BrFNO3. The number of hydrogen-bond acceptors (Lipinski definition) is 2. The van der Waals surface area contributed by atoms with Crippen LogP contribution in [0.2, 0.25) is 0 Å². The van der Waals surface area contributed by atoms with E-state index < -0.39 is 11.8 Å². The molecule has 98 valence electrons. The number of benzene rings is 1. The van der Waals surface area contributed by atoms with Crippen molar-refractivity contribution in [2.75, 3.05) is 5.32 Å². The minimum absolute atomic E-state index is 0.0525. The molecular weight excluding hydrogens is 305 g/mol. The van der Waals surface area contributed by atoms with Crippen LogP contribution in [0.1, 0.15) is 25.7 Å². The number of carbonyl (C=O) groups is 2. The second-order valence-electron chi connectivity index (χ2n) is 3.77. The molecule has 0 fully saturated rings. The van der Waals surface area contributed by atoms with E-state index in [0.717, 1.165) is 0 Å². The first-order valence-electron chi connectivity index (χ1n) is 5.45. The van der Waals surface area contributed by atoms with Gasteiger partial charge in [0.25, 0.3) is 0 Å². The van der Waals surface area contributed by atoms with Crippen molar-refractivity contribution in [3.05, 3.63) is 28.5 Å². The third-order valence-corrected chi connectivity index (χ3v) is 2.94. The van der Waals surface area contributed by atoms with Crippen molar-refractivity contribution in [1.29, 1.82) is 0 Å². The highest BCUT2D eigenvalue weighted by Crippen LogP contribution is 2.23. The summed E-state index contributed by atoms with van der Waals surface area (Å²) in [5.74, 6) is -1.56. The van der Waals surface area contributed by atoms with Crippen LogP contribution < -0.4 is 5.32 Å². The van der Waals surface area contributed by atoms with E-state index in [9.17, 15) is 14.0 Å². The number of carbonyl (C=O) groups excluding carboxylic acids is 1. The third kappa shape index (κ3) is 5.27. The molecule has 6 heteroatoms. The molecule has 2 N–H and O–H groups in total. The molecule has 0 aliphatic heterocycles. The number of carboxylic acids is 1. The molecule has 0 aromatic heterocycles. The summed E-state index contributed by atoms with van der Waals surface area (Å²) < 4.78 is 13.6. The van der Waals surface area contributed by atoms with Crippen molar-refractivity contribution in [1.82, 2.24) is 0 Å². The summed E-state index contributed by atoms with van der Waals surface area (Å²) in [6.07, 6.45) is 1.21. The van der Waals surface area contributed by atoms with Gasteiger partial charge in [0, 0.05) is 17.3 Å². The Hall–Kier alpha value is -1.43. The Morgan fingerprint density at radius 2 is 1.94 bits per heavy atom. The summed E-state index contributed by atoms with van der Waals surface area (Å²) in [6.45, 7) is 0. The Labute approximate surface area is 112 Å². The number of nitrogens with one attached hydrogen (secondary N) is 1. The monoisotopic (exact) mass is 317 g/mol. The first-order chi connectivity index (χ1) is 8.49. The average Bonchev–Trinajstić information content (AvgIpc) is 2.29. The summed E-state index contributed by atoms with van der Waals surface area (Å²) >= 11 is 3.20. The molecule has 0 aliphatic carbocycles. The van der Waals surface area contributed by atoms with Crippen LogP contribution in [0, 0.1) is 5.82 Å². The van der Waals surface area contributed by atoms with Gasteiger partial charge in [0.2, 0.25) is 5.91 Å². The lowest BCUT2D eigenvalue weighted by molar-refractivity contribution is -0.137. The number of halogens is 2. The van der Waals surface area contributed by atoms with Crippen LogP contribution in [0.5, 0.6) is 0 Å². The molecule has 1 rings (SSSR count). The van der Waals surface area contributed by atoms with Crippen molar-refractivity contribution in [2.45, 2.75) is 25.7 Å². The lowest BCUT2D eigenvalue weighted by atomic mass is 10.2. The maximum Gasteiger partial charge on any atom is 0.303 e. The molecule has 0 spiro atoms. The molecule has 0 unspecified atom stereocenters. The van der Waals surface area contributed by atoms with Gasteiger partial charge in [-0.3, -0.25) is 9.59 Å². The van der Waals surface area contributed by atoms with Crippen molar-refractivity contribution in [2.24, 2.45) is 0 Å². The van der Waals surface area contributed by atoms with Crippen LogP contribution >= 0.6 is 15.9 Å². The van der Waals surface area contributed by atoms with E-state index in [0.29, 0.717) is 23.0 Å². The summed E-state index contributed by atoms with van der Waals surface area (Å²) in [7, 11) is 0. The maximum absolute atomic E-state index is 13.0. The van der Waals surface area contributed by atoms with Crippen molar-refractivity contribution in [3.63, 3.8) is 0 Å². The van der Waals surface area contributed by atoms with Crippen LogP contribution in [0.15, 0.2) is 22.7 Å². The van der Waals surface area contributed by atoms with Crippen molar-refractivity contribution in [3.8, 4) is 0 Å². The smallest absolute Gasteiger partial charge is 0.303 e. The Kier molecular flexibility index (Phi) is 5.77.